The van der Waals surface area contributed by atoms with E-state index in [0.717, 1.165) is 29.1 Å². The maximum absolute atomic E-state index is 13.2. The average molecular weight is 411 g/mol. The van der Waals surface area contributed by atoms with Crippen LogP contribution in [0.15, 0.2) is 53.3 Å². The first-order chi connectivity index (χ1) is 14.0. The number of benzene rings is 2. The van der Waals surface area contributed by atoms with E-state index in [9.17, 15) is 4.79 Å². The highest BCUT2D eigenvalue weighted by atomic mass is 35.5. The Morgan fingerprint density at radius 2 is 1.79 bits per heavy atom. The van der Waals surface area contributed by atoms with Gasteiger partial charge < -0.3 is 10.1 Å². The molecule has 1 N–H and O–H groups in total. The molecule has 3 aromatic rings. The molecule has 1 aromatic heterocycles. The van der Waals surface area contributed by atoms with Crippen LogP contribution in [0.1, 0.15) is 22.4 Å². The van der Waals surface area contributed by atoms with Crippen LogP contribution in [0.5, 0.6) is 5.75 Å². The summed E-state index contributed by atoms with van der Waals surface area (Å²) in [6.07, 6.45) is 0.535. The first-order valence-corrected chi connectivity index (χ1v) is 9.85. The second-order valence-electron chi connectivity index (χ2n) is 7.19. The fourth-order valence-electron chi connectivity index (χ4n) is 3.50. The molecule has 0 fully saturated rings. The molecule has 0 unspecified atom stereocenters. The van der Waals surface area contributed by atoms with Crippen molar-refractivity contribution in [1.82, 2.24) is 14.5 Å². The minimum absolute atomic E-state index is 0.00520. The van der Waals surface area contributed by atoms with E-state index in [4.69, 9.17) is 16.3 Å². The molecule has 7 heteroatoms. The van der Waals surface area contributed by atoms with E-state index in [1.807, 2.05) is 55.5 Å². The number of methoxy groups -OCH3 is 1. The van der Waals surface area contributed by atoms with Crippen LogP contribution in [0.25, 0.3) is 0 Å². The Bertz CT molecular complexity index is 1060. The predicted molar refractivity (Wildman–Crippen MR) is 115 cm³/mol. The first kappa shape index (κ1) is 19.5. The number of hydrogen-bond acceptors (Lipinski definition) is 5. The Kier molecular flexibility index (Phi) is 5.56. The number of aryl methyl sites for hydroxylation is 1. The lowest BCUT2D eigenvalue weighted by molar-refractivity contribution is 0.204. The van der Waals surface area contributed by atoms with Crippen molar-refractivity contribution >= 4 is 17.5 Å². The molecule has 0 aliphatic carbocycles. The van der Waals surface area contributed by atoms with Gasteiger partial charge in [0.1, 0.15) is 5.75 Å². The lowest BCUT2D eigenvalue weighted by Crippen LogP contribution is -2.43. The van der Waals surface area contributed by atoms with Gasteiger partial charge in [0, 0.05) is 23.6 Å². The molecule has 0 bridgehead atoms. The molecule has 29 heavy (non-hydrogen) atoms. The van der Waals surface area contributed by atoms with Crippen molar-refractivity contribution in [2.75, 3.05) is 19.1 Å². The molecule has 0 amide bonds. The third-order valence-corrected chi connectivity index (χ3v) is 5.38. The van der Waals surface area contributed by atoms with Gasteiger partial charge in [0.05, 0.1) is 26.1 Å². The highest BCUT2D eigenvalue weighted by Crippen LogP contribution is 2.19. The molecule has 0 saturated carbocycles. The zero-order chi connectivity index (χ0) is 20.4. The third kappa shape index (κ3) is 4.28. The van der Waals surface area contributed by atoms with E-state index in [-0.39, 0.29) is 5.56 Å². The average Bonchev–Trinajstić information content (AvgIpc) is 2.73. The van der Waals surface area contributed by atoms with E-state index >= 15 is 0 Å². The summed E-state index contributed by atoms with van der Waals surface area (Å²) in [5.74, 6) is 1.46. The predicted octanol–water partition coefficient (Wildman–Crippen LogP) is 3.65. The zero-order valence-electron chi connectivity index (χ0n) is 16.5. The van der Waals surface area contributed by atoms with Crippen LogP contribution < -0.4 is 15.6 Å². The number of aromatic nitrogens is 2. The van der Waals surface area contributed by atoms with Crippen LogP contribution in [-0.4, -0.2) is 28.2 Å². The summed E-state index contributed by atoms with van der Waals surface area (Å²) in [5.41, 5.74) is 3.66. The number of hydrogen-bond donors (Lipinski definition) is 1. The Morgan fingerprint density at radius 1 is 1.10 bits per heavy atom. The number of nitrogens with one attached hydrogen (secondary N) is 1. The number of fused-ring (bicyclic) bond motifs is 1. The van der Waals surface area contributed by atoms with Crippen molar-refractivity contribution in [2.24, 2.45) is 0 Å². The first-order valence-electron chi connectivity index (χ1n) is 9.47. The molecule has 0 spiro atoms. The monoisotopic (exact) mass is 410 g/mol. The highest BCUT2D eigenvalue weighted by molar-refractivity contribution is 6.30. The lowest BCUT2D eigenvalue weighted by Gasteiger charge is -2.31. The molecule has 2 heterocycles. The Morgan fingerprint density at radius 3 is 2.48 bits per heavy atom. The van der Waals surface area contributed by atoms with Crippen molar-refractivity contribution < 1.29 is 4.74 Å². The second-order valence-corrected chi connectivity index (χ2v) is 7.63. The van der Waals surface area contributed by atoms with E-state index in [0.29, 0.717) is 36.3 Å². The van der Waals surface area contributed by atoms with E-state index < -0.39 is 0 Å². The molecule has 0 saturated heterocycles. The number of rotatable bonds is 5. The van der Waals surface area contributed by atoms with Gasteiger partial charge in [-0.25, -0.2) is 4.98 Å². The number of ether oxygens (including phenoxy) is 1. The SMILES string of the molecule is COc1ccc(CN2CNc3nc(C)c(Cc4ccc(Cl)cc4)c(=O)n3C2)cc1. The van der Waals surface area contributed by atoms with Crippen molar-refractivity contribution in [2.45, 2.75) is 26.6 Å². The Hall–Kier alpha value is -2.83. The van der Waals surface area contributed by atoms with E-state index in [1.165, 1.54) is 0 Å². The minimum Gasteiger partial charge on any atom is -0.497 e. The van der Waals surface area contributed by atoms with Gasteiger partial charge >= 0.3 is 0 Å². The number of halogens is 1. The van der Waals surface area contributed by atoms with Gasteiger partial charge in [-0.05, 0) is 42.3 Å². The maximum Gasteiger partial charge on any atom is 0.259 e. The van der Waals surface area contributed by atoms with Crippen molar-refractivity contribution in [3.05, 3.63) is 86.3 Å². The molecule has 150 valence electrons. The standard InChI is InChI=1S/C22H23ClN4O2/c1-15-20(11-16-3-7-18(23)8-4-16)21(28)27-14-26(13-24-22(27)25-15)12-17-5-9-19(29-2)10-6-17/h3-10H,11-14H2,1-2H3,(H,24,25). The highest BCUT2D eigenvalue weighted by Gasteiger charge is 2.21. The quantitative estimate of drug-likeness (QED) is 0.695. The molecule has 4 rings (SSSR count). The summed E-state index contributed by atoms with van der Waals surface area (Å²) in [7, 11) is 1.66. The smallest absolute Gasteiger partial charge is 0.259 e. The van der Waals surface area contributed by atoms with Gasteiger partial charge in [0.15, 0.2) is 0 Å². The van der Waals surface area contributed by atoms with Crippen LogP contribution in [-0.2, 0) is 19.6 Å². The summed E-state index contributed by atoms with van der Waals surface area (Å²) in [5, 5.41) is 3.96. The molecule has 0 radical (unpaired) electrons. The minimum atomic E-state index is -0.00520. The second kappa shape index (κ2) is 8.27. The fourth-order valence-corrected chi connectivity index (χ4v) is 3.63. The lowest BCUT2D eigenvalue weighted by atomic mass is 10.1. The van der Waals surface area contributed by atoms with Crippen molar-refractivity contribution in [3.63, 3.8) is 0 Å². The van der Waals surface area contributed by atoms with E-state index in [2.05, 4.69) is 15.2 Å². The molecular formula is C22H23ClN4O2. The summed E-state index contributed by atoms with van der Waals surface area (Å²) in [6.45, 7) is 3.74. The van der Waals surface area contributed by atoms with Gasteiger partial charge in [-0.1, -0.05) is 35.9 Å². The number of anilines is 1. The normalized spacial score (nSPS) is 13.6. The summed E-state index contributed by atoms with van der Waals surface area (Å²) >= 11 is 5.97. The summed E-state index contributed by atoms with van der Waals surface area (Å²) in [6, 6.07) is 15.5. The van der Waals surface area contributed by atoms with Crippen LogP contribution >= 0.6 is 11.6 Å². The molecule has 6 nitrogen and oxygen atoms in total. The Balaban J connectivity index is 1.56. The van der Waals surface area contributed by atoms with Crippen LogP contribution in [0.2, 0.25) is 5.02 Å². The van der Waals surface area contributed by atoms with E-state index in [1.54, 1.807) is 11.7 Å². The topological polar surface area (TPSA) is 59.4 Å². The fraction of sp³-hybridized carbons (Fsp3) is 0.273. The van der Waals surface area contributed by atoms with Crippen LogP contribution in [0.4, 0.5) is 5.95 Å². The van der Waals surface area contributed by atoms with Crippen LogP contribution in [0.3, 0.4) is 0 Å². The molecule has 1 aliphatic heterocycles. The van der Waals surface area contributed by atoms with Crippen LogP contribution in [0, 0.1) is 6.92 Å². The largest absolute Gasteiger partial charge is 0.497 e. The number of nitrogens with zero attached hydrogens (tertiary/aromatic N) is 3. The molecular weight excluding hydrogens is 388 g/mol. The van der Waals surface area contributed by atoms with Gasteiger partial charge in [-0.15, -0.1) is 0 Å². The maximum atomic E-state index is 13.2. The molecule has 2 aromatic carbocycles. The molecule has 0 atom stereocenters. The molecule has 1 aliphatic rings. The summed E-state index contributed by atoms with van der Waals surface area (Å²) in [4.78, 5) is 20.0. The van der Waals surface area contributed by atoms with Gasteiger partial charge in [-0.3, -0.25) is 14.3 Å². The van der Waals surface area contributed by atoms with Gasteiger partial charge in [-0.2, -0.15) is 0 Å². The third-order valence-electron chi connectivity index (χ3n) is 5.13. The van der Waals surface area contributed by atoms with Crippen molar-refractivity contribution in [3.8, 4) is 5.75 Å². The Labute approximate surface area is 174 Å². The van der Waals surface area contributed by atoms with Gasteiger partial charge in [0.2, 0.25) is 5.95 Å². The summed E-state index contributed by atoms with van der Waals surface area (Å²) < 4.78 is 6.93. The van der Waals surface area contributed by atoms with Gasteiger partial charge in [0.25, 0.3) is 5.56 Å². The zero-order valence-corrected chi connectivity index (χ0v) is 17.2. The van der Waals surface area contributed by atoms with Crippen molar-refractivity contribution in [1.29, 1.82) is 0 Å².